The van der Waals surface area contributed by atoms with Crippen LogP contribution in [0.15, 0.2) is 59.6 Å². The number of amides is 2. The van der Waals surface area contributed by atoms with Gasteiger partial charge in [-0.2, -0.15) is 0 Å². The van der Waals surface area contributed by atoms with Gasteiger partial charge in [0.2, 0.25) is 0 Å². The SMILES string of the molecule is CCOC(=O)C1C(CN2CCN(c3ccccc3OC)CC2)=NC(=O)NC1c1ccccc1. The first-order chi connectivity index (χ1) is 16.1. The van der Waals surface area contributed by atoms with Crippen molar-refractivity contribution in [3.63, 3.8) is 0 Å². The molecule has 0 aliphatic carbocycles. The van der Waals surface area contributed by atoms with Crippen molar-refractivity contribution in [2.75, 3.05) is 51.3 Å². The monoisotopic (exact) mass is 450 g/mol. The lowest BCUT2D eigenvalue weighted by atomic mass is 9.87. The highest BCUT2D eigenvalue weighted by molar-refractivity contribution is 6.10. The summed E-state index contributed by atoms with van der Waals surface area (Å²) in [5.74, 6) is -0.164. The maximum atomic E-state index is 13.0. The Morgan fingerprint density at radius 1 is 1.06 bits per heavy atom. The molecule has 2 aliphatic rings. The van der Waals surface area contributed by atoms with Gasteiger partial charge in [-0.15, -0.1) is 0 Å². The van der Waals surface area contributed by atoms with Crippen LogP contribution in [0, 0.1) is 5.92 Å². The minimum Gasteiger partial charge on any atom is -0.495 e. The highest BCUT2D eigenvalue weighted by Crippen LogP contribution is 2.30. The predicted octanol–water partition coefficient (Wildman–Crippen LogP) is 2.90. The second-order valence-corrected chi connectivity index (χ2v) is 8.11. The van der Waals surface area contributed by atoms with Crippen LogP contribution in [0.3, 0.4) is 0 Å². The van der Waals surface area contributed by atoms with Crippen molar-refractivity contribution < 1.29 is 19.1 Å². The van der Waals surface area contributed by atoms with Gasteiger partial charge in [-0.1, -0.05) is 42.5 Å². The average Bonchev–Trinajstić information content (AvgIpc) is 2.85. The van der Waals surface area contributed by atoms with Crippen LogP contribution in [0.1, 0.15) is 18.5 Å². The van der Waals surface area contributed by atoms with E-state index in [0.717, 1.165) is 43.2 Å². The lowest BCUT2D eigenvalue weighted by Crippen LogP contribution is -2.52. The standard InChI is InChI=1S/C25H30N4O4/c1-3-33-24(30)22-19(26-25(31)27-23(22)18-9-5-4-6-10-18)17-28-13-15-29(16-14-28)20-11-7-8-12-21(20)32-2/h4-12,22-23H,3,13-17H2,1-2H3,(H,27,31). The Labute approximate surface area is 194 Å². The summed E-state index contributed by atoms with van der Waals surface area (Å²) in [5, 5.41) is 2.86. The lowest BCUT2D eigenvalue weighted by molar-refractivity contribution is -0.146. The molecular formula is C25H30N4O4. The van der Waals surface area contributed by atoms with E-state index in [0.29, 0.717) is 12.3 Å². The van der Waals surface area contributed by atoms with E-state index in [1.54, 1.807) is 14.0 Å². The molecule has 174 valence electrons. The van der Waals surface area contributed by atoms with Crippen LogP contribution in [-0.4, -0.2) is 69.1 Å². The number of aliphatic imine (C=N–C) groups is 1. The highest BCUT2D eigenvalue weighted by atomic mass is 16.5. The largest absolute Gasteiger partial charge is 0.495 e. The van der Waals surface area contributed by atoms with Gasteiger partial charge in [0.15, 0.2) is 0 Å². The maximum Gasteiger partial charge on any atom is 0.341 e. The molecule has 2 aromatic rings. The number of carbonyl (C=O) groups excluding carboxylic acids is 2. The normalized spacial score (nSPS) is 21.2. The van der Waals surface area contributed by atoms with Gasteiger partial charge in [0.1, 0.15) is 11.7 Å². The van der Waals surface area contributed by atoms with Gasteiger partial charge in [0.05, 0.1) is 31.2 Å². The Hall–Kier alpha value is -3.39. The van der Waals surface area contributed by atoms with Gasteiger partial charge in [0.25, 0.3) is 0 Å². The number of ether oxygens (including phenoxy) is 2. The third-order valence-electron chi connectivity index (χ3n) is 6.10. The van der Waals surface area contributed by atoms with Crippen LogP contribution >= 0.6 is 0 Å². The van der Waals surface area contributed by atoms with Gasteiger partial charge in [-0.3, -0.25) is 9.69 Å². The van der Waals surface area contributed by atoms with E-state index in [1.165, 1.54) is 0 Å². The van der Waals surface area contributed by atoms with Crippen molar-refractivity contribution >= 4 is 23.4 Å². The van der Waals surface area contributed by atoms with Crippen molar-refractivity contribution in [2.45, 2.75) is 13.0 Å². The van der Waals surface area contributed by atoms with Gasteiger partial charge in [-0.25, -0.2) is 9.79 Å². The van der Waals surface area contributed by atoms with Gasteiger partial charge in [-0.05, 0) is 24.6 Å². The Bertz CT molecular complexity index is 1000. The van der Waals surface area contributed by atoms with Gasteiger partial charge < -0.3 is 19.7 Å². The fraction of sp³-hybridized carbons (Fsp3) is 0.400. The second kappa shape index (κ2) is 10.5. The van der Waals surface area contributed by atoms with E-state index < -0.39 is 18.0 Å². The second-order valence-electron chi connectivity index (χ2n) is 8.11. The molecule has 1 saturated heterocycles. The number of nitrogens with zero attached hydrogens (tertiary/aromatic N) is 3. The number of nitrogens with one attached hydrogen (secondary N) is 1. The Balaban J connectivity index is 1.50. The molecule has 2 atom stereocenters. The van der Waals surface area contributed by atoms with Gasteiger partial charge in [0, 0.05) is 32.7 Å². The highest BCUT2D eigenvalue weighted by Gasteiger charge is 2.40. The summed E-state index contributed by atoms with van der Waals surface area (Å²) in [6.45, 7) is 5.69. The van der Waals surface area contributed by atoms with Gasteiger partial charge >= 0.3 is 12.0 Å². The van der Waals surface area contributed by atoms with Crippen LogP contribution in [0.25, 0.3) is 0 Å². The predicted molar refractivity (Wildman–Crippen MR) is 127 cm³/mol. The van der Waals surface area contributed by atoms with Crippen molar-refractivity contribution in [3.8, 4) is 5.75 Å². The molecule has 8 nitrogen and oxygen atoms in total. The number of piperazine rings is 1. The summed E-state index contributed by atoms with van der Waals surface area (Å²) in [6, 6.07) is 16.6. The maximum absolute atomic E-state index is 13.0. The first-order valence-electron chi connectivity index (χ1n) is 11.3. The van der Waals surface area contributed by atoms with Crippen molar-refractivity contribution in [1.82, 2.24) is 10.2 Å². The number of carbonyl (C=O) groups is 2. The molecule has 4 rings (SSSR count). The summed E-state index contributed by atoms with van der Waals surface area (Å²) in [7, 11) is 1.68. The average molecular weight is 451 g/mol. The molecule has 0 saturated carbocycles. The number of hydrogen-bond donors (Lipinski definition) is 1. The number of anilines is 1. The zero-order valence-corrected chi connectivity index (χ0v) is 19.1. The first-order valence-corrected chi connectivity index (χ1v) is 11.3. The van der Waals surface area contributed by atoms with E-state index in [4.69, 9.17) is 9.47 Å². The van der Waals surface area contributed by atoms with E-state index in [1.807, 2.05) is 48.5 Å². The number of hydrogen-bond acceptors (Lipinski definition) is 6. The molecule has 0 radical (unpaired) electrons. The molecule has 2 heterocycles. The number of urea groups is 1. The van der Waals surface area contributed by atoms with E-state index in [2.05, 4.69) is 26.2 Å². The Morgan fingerprint density at radius 2 is 1.76 bits per heavy atom. The van der Waals surface area contributed by atoms with Crippen LogP contribution in [0.2, 0.25) is 0 Å². The third kappa shape index (κ3) is 5.17. The lowest BCUT2D eigenvalue weighted by Gasteiger charge is -2.38. The molecule has 2 amide bonds. The van der Waals surface area contributed by atoms with Crippen LogP contribution in [0.4, 0.5) is 10.5 Å². The first kappa shape index (κ1) is 22.8. The molecule has 2 aliphatic heterocycles. The van der Waals surface area contributed by atoms with Crippen molar-refractivity contribution in [2.24, 2.45) is 10.9 Å². The van der Waals surface area contributed by atoms with Crippen LogP contribution < -0.4 is 15.0 Å². The molecule has 33 heavy (non-hydrogen) atoms. The minimum absolute atomic E-state index is 0.273. The number of methoxy groups -OCH3 is 1. The molecule has 1 fully saturated rings. The molecule has 8 heteroatoms. The summed E-state index contributed by atoms with van der Waals surface area (Å²) in [5.41, 5.74) is 2.48. The zero-order valence-electron chi connectivity index (χ0n) is 19.1. The molecule has 1 N–H and O–H groups in total. The zero-order chi connectivity index (χ0) is 23.2. The van der Waals surface area contributed by atoms with E-state index in [-0.39, 0.29) is 12.6 Å². The molecule has 0 spiro atoms. The molecule has 0 bridgehead atoms. The third-order valence-corrected chi connectivity index (χ3v) is 6.10. The Morgan fingerprint density at radius 3 is 2.45 bits per heavy atom. The fourth-order valence-electron chi connectivity index (χ4n) is 4.48. The number of para-hydroxylation sites is 2. The van der Waals surface area contributed by atoms with Crippen molar-refractivity contribution in [1.29, 1.82) is 0 Å². The quantitative estimate of drug-likeness (QED) is 0.653. The Kier molecular flexibility index (Phi) is 7.24. The van der Waals surface area contributed by atoms with E-state index in [9.17, 15) is 9.59 Å². The minimum atomic E-state index is -0.655. The van der Waals surface area contributed by atoms with Crippen LogP contribution in [0.5, 0.6) is 5.75 Å². The molecular weight excluding hydrogens is 420 g/mol. The smallest absolute Gasteiger partial charge is 0.341 e. The van der Waals surface area contributed by atoms with Crippen LogP contribution in [-0.2, 0) is 9.53 Å². The number of rotatable bonds is 7. The molecule has 0 aromatic heterocycles. The molecule has 2 aromatic carbocycles. The fourth-order valence-corrected chi connectivity index (χ4v) is 4.48. The summed E-state index contributed by atoms with van der Waals surface area (Å²) >= 11 is 0. The van der Waals surface area contributed by atoms with Crippen molar-refractivity contribution in [3.05, 3.63) is 60.2 Å². The summed E-state index contributed by atoms with van der Waals surface area (Å²) in [6.07, 6.45) is 0. The summed E-state index contributed by atoms with van der Waals surface area (Å²) in [4.78, 5) is 34.2. The summed E-state index contributed by atoms with van der Waals surface area (Å²) < 4.78 is 10.9. The molecule has 2 unspecified atom stereocenters. The number of benzene rings is 2. The number of esters is 1. The van der Waals surface area contributed by atoms with E-state index >= 15 is 0 Å². The topological polar surface area (TPSA) is 83.5 Å².